The van der Waals surface area contributed by atoms with E-state index >= 15 is 0 Å². The van der Waals surface area contributed by atoms with E-state index in [0.717, 1.165) is 12.0 Å². The Balaban J connectivity index is 2.50. The third-order valence-electron chi connectivity index (χ3n) is 7.74. The molecule has 2 rings (SSSR count). The number of carbonyl (C=O) groups is 4. The minimum absolute atomic E-state index is 0.0289. The van der Waals surface area contributed by atoms with Crippen molar-refractivity contribution >= 4 is 23.7 Å². The second-order valence-electron chi connectivity index (χ2n) is 10.5. The fourth-order valence-electron chi connectivity index (χ4n) is 5.46. The van der Waals surface area contributed by atoms with Crippen molar-refractivity contribution < 1.29 is 33.4 Å². The zero-order chi connectivity index (χ0) is 26.6. The molecule has 8 atom stereocenters. The van der Waals surface area contributed by atoms with Crippen LogP contribution in [0.25, 0.3) is 0 Å². The Labute approximate surface area is 209 Å². The summed E-state index contributed by atoms with van der Waals surface area (Å²) in [6.07, 6.45) is 0.978. The molecule has 2 fully saturated rings. The molecule has 7 heteroatoms. The molecule has 0 aromatic heterocycles. The summed E-state index contributed by atoms with van der Waals surface area (Å²) >= 11 is 0. The fraction of sp³-hybridized carbons (Fsp3) is 0.714. The fourth-order valence-corrected chi connectivity index (χ4v) is 5.46. The van der Waals surface area contributed by atoms with E-state index in [1.165, 1.54) is 13.0 Å². The summed E-state index contributed by atoms with van der Waals surface area (Å²) in [4.78, 5) is 50.8. The number of allylic oxidation sites excluding steroid dienone is 1. The second-order valence-corrected chi connectivity index (χ2v) is 10.5. The van der Waals surface area contributed by atoms with Gasteiger partial charge in [-0.2, -0.15) is 0 Å². The molecule has 2 aliphatic rings. The molecule has 0 spiro atoms. The number of carbonyl (C=O) groups excluding carboxylic acids is 4. The van der Waals surface area contributed by atoms with Crippen molar-refractivity contribution in [2.75, 3.05) is 0 Å². The van der Waals surface area contributed by atoms with Gasteiger partial charge in [-0.25, -0.2) is 4.79 Å². The van der Waals surface area contributed by atoms with Gasteiger partial charge in [-0.3, -0.25) is 14.4 Å². The smallest absolute Gasteiger partial charge is 0.331 e. The maximum Gasteiger partial charge on any atom is 0.331 e. The third-order valence-corrected chi connectivity index (χ3v) is 7.74. The highest BCUT2D eigenvalue weighted by Gasteiger charge is 2.61. The lowest BCUT2D eigenvalue weighted by Crippen LogP contribution is -2.45. The number of fused-ring (bicyclic) bond motifs is 1. The van der Waals surface area contributed by atoms with E-state index in [9.17, 15) is 19.2 Å². The van der Waals surface area contributed by atoms with Gasteiger partial charge in [0.25, 0.3) is 0 Å². The number of rotatable bonds is 9. The molecule has 0 aliphatic heterocycles. The minimum atomic E-state index is -1.05. The summed E-state index contributed by atoms with van der Waals surface area (Å²) < 4.78 is 17.1. The maximum absolute atomic E-state index is 13.7. The summed E-state index contributed by atoms with van der Waals surface area (Å²) in [5.41, 5.74) is 1.48. The standard InChI is InChI=1S/C28H42O7/c1-10-15(5)12-22(30)34-21-13-20(14(3)4)25-23(17(21)7)27(35-28(32)16(6)11-2)26(31)24(25)18(8)33-19(9)29/h12,14,16,18,20-21,23-25,27H,7,10-11,13H2,1-6,8-9H3/b15-12+/t16?,18?,20?,21-,23+,24?,25?,27?/m0/s1. The molecule has 2 saturated carbocycles. The van der Waals surface area contributed by atoms with Crippen LogP contribution in [0.4, 0.5) is 0 Å². The lowest BCUT2D eigenvalue weighted by Gasteiger charge is -2.44. The van der Waals surface area contributed by atoms with Crippen molar-refractivity contribution in [2.24, 2.45) is 35.5 Å². The lowest BCUT2D eigenvalue weighted by atomic mass is 9.63. The Morgan fingerprint density at radius 3 is 2.23 bits per heavy atom. The van der Waals surface area contributed by atoms with E-state index in [4.69, 9.17) is 14.2 Å². The molecule has 7 nitrogen and oxygen atoms in total. The van der Waals surface area contributed by atoms with Crippen molar-refractivity contribution in [3.8, 4) is 0 Å². The van der Waals surface area contributed by atoms with Crippen LogP contribution in [-0.2, 0) is 33.4 Å². The first-order chi connectivity index (χ1) is 16.3. The van der Waals surface area contributed by atoms with Gasteiger partial charge in [0, 0.05) is 18.9 Å². The Bertz CT molecular complexity index is 871. The predicted octanol–water partition coefficient (Wildman–Crippen LogP) is 4.83. The van der Waals surface area contributed by atoms with Crippen LogP contribution in [0.3, 0.4) is 0 Å². The molecule has 0 radical (unpaired) electrons. The van der Waals surface area contributed by atoms with Crippen LogP contribution < -0.4 is 0 Å². The van der Waals surface area contributed by atoms with E-state index in [1.807, 2.05) is 20.8 Å². The van der Waals surface area contributed by atoms with Gasteiger partial charge in [0.15, 0.2) is 11.9 Å². The van der Waals surface area contributed by atoms with Crippen molar-refractivity contribution in [3.63, 3.8) is 0 Å². The summed E-state index contributed by atoms with van der Waals surface area (Å²) in [5.74, 6) is -3.27. The molecule has 2 aliphatic carbocycles. The molecule has 0 N–H and O–H groups in total. The van der Waals surface area contributed by atoms with Crippen LogP contribution in [0, 0.1) is 35.5 Å². The quantitative estimate of drug-likeness (QED) is 0.198. The number of ketones is 1. The lowest BCUT2D eigenvalue weighted by molar-refractivity contribution is -0.161. The largest absolute Gasteiger partial charge is 0.462 e. The molecule has 0 amide bonds. The van der Waals surface area contributed by atoms with Crippen LogP contribution in [0.15, 0.2) is 23.8 Å². The molecule has 6 unspecified atom stereocenters. The van der Waals surface area contributed by atoms with E-state index in [-0.39, 0.29) is 29.5 Å². The first-order valence-corrected chi connectivity index (χ1v) is 12.8. The van der Waals surface area contributed by atoms with Crippen LogP contribution >= 0.6 is 0 Å². The topological polar surface area (TPSA) is 96.0 Å². The van der Waals surface area contributed by atoms with Gasteiger partial charge >= 0.3 is 17.9 Å². The van der Waals surface area contributed by atoms with E-state index in [0.29, 0.717) is 18.4 Å². The number of ether oxygens (including phenoxy) is 3. The summed E-state index contributed by atoms with van der Waals surface area (Å²) in [6.45, 7) is 18.9. The normalized spacial score (nSPS) is 30.5. The summed E-state index contributed by atoms with van der Waals surface area (Å²) in [5, 5.41) is 0. The van der Waals surface area contributed by atoms with Crippen LogP contribution in [-0.4, -0.2) is 42.0 Å². The molecule has 196 valence electrons. The number of hydrogen-bond acceptors (Lipinski definition) is 7. The zero-order valence-corrected chi connectivity index (χ0v) is 22.5. The first-order valence-electron chi connectivity index (χ1n) is 12.8. The highest BCUT2D eigenvalue weighted by Crippen LogP contribution is 2.54. The predicted molar refractivity (Wildman–Crippen MR) is 132 cm³/mol. The summed E-state index contributed by atoms with van der Waals surface area (Å²) in [6, 6.07) is 0. The molecule has 0 saturated heterocycles. The van der Waals surface area contributed by atoms with Crippen LogP contribution in [0.5, 0.6) is 0 Å². The highest BCUT2D eigenvalue weighted by molar-refractivity contribution is 5.92. The molecular weight excluding hydrogens is 448 g/mol. The Morgan fingerprint density at radius 2 is 1.71 bits per heavy atom. The van der Waals surface area contributed by atoms with E-state index in [2.05, 4.69) is 20.4 Å². The second kappa shape index (κ2) is 12.0. The average Bonchev–Trinajstić information content (AvgIpc) is 3.06. The van der Waals surface area contributed by atoms with E-state index in [1.54, 1.807) is 13.8 Å². The van der Waals surface area contributed by atoms with Crippen LogP contribution in [0.1, 0.15) is 74.7 Å². The Morgan fingerprint density at radius 1 is 1.09 bits per heavy atom. The molecule has 35 heavy (non-hydrogen) atoms. The van der Waals surface area contributed by atoms with Crippen molar-refractivity contribution in [1.82, 2.24) is 0 Å². The molecule has 0 aromatic carbocycles. The third kappa shape index (κ3) is 6.42. The van der Waals surface area contributed by atoms with Crippen LogP contribution in [0.2, 0.25) is 0 Å². The van der Waals surface area contributed by atoms with Gasteiger partial charge in [-0.15, -0.1) is 0 Å². The van der Waals surface area contributed by atoms with Gasteiger partial charge in [-0.1, -0.05) is 46.8 Å². The Hall–Kier alpha value is -2.44. The van der Waals surface area contributed by atoms with Crippen molar-refractivity contribution in [3.05, 3.63) is 23.8 Å². The van der Waals surface area contributed by atoms with E-state index < -0.39 is 48.1 Å². The van der Waals surface area contributed by atoms with Gasteiger partial charge in [0.2, 0.25) is 0 Å². The average molecular weight is 491 g/mol. The molecule has 0 bridgehead atoms. The Kier molecular flexibility index (Phi) is 9.87. The van der Waals surface area contributed by atoms with Gasteiger partial charge in [0.05, 0.1) is 11.8 Å². The SMILES string of the molecule is C=C1[C@H]2C(OC(=O)C(C)CC)C(=O)C(C(C)OC(C)=O)C2C(C(C)C)C[C@@H]1OC(=O)/C=C(\C)CC. The highest BCUT2D eigenvalue weighted by atomic mass is 16.6. The van der Waals surface area contributed by atoms with Gasteiger partial charge < -0.3 is 14.2 Å². The maximum atomic E-state index is 13.7. The first kappa shape index (κ1) is 28.8. The molecular formula is C28H42O7. The molecule has 0 aromatic rings. The summed E-state index contributed by atoms with van der Waals surface area (Å²) in [7, 11) is 0. The number of esters is 3. The number of hydrogen-bond donors (Lipinski definition) is 0. The molecule has 0 heterocycles. The van der Waals surface area contributed by atoms with Gasteiger partial charge in [-0.05, 0) is 56.4 Å². The van der Waals surface area contributed by atoms with Crippen molar-refractivity contribution in [2.45, 2.75) is 93.0 Å². The zero-order valence-electron chi connectivity index (χ0n) is 22.5. The number of Topliss-reactive ketones (excluding diaryl/α,β-unsaturated/α-hetero) is 1. The van der Waals surface area contributed by atoms with Crippen molar-refractivity contribution in [1.29, 1.82) is 0 Å². The monoisotopic (exact) mass is 490 g/mol. The minimum Gasteiger partial charge on any atom is -0.462 e. The van der Waals surface area contributed by atoms with Gasteiger partial charge in [0.1, 0.15) is 12.2 Å².